The number of ketones is 1. The monoisotopic (exact) mass is 499 g/mol. The van der Waals surface area contributed by atoms with Gasteiger partial charge in [-0.2, -0.15) is 5.10 Å². The smallest absolute Gasteiger partial charge is 0.359 e. The van der Waals surface area contributed by atoms with Crippen LogP contribution in [0.4, 0.5) is 0 Å². The van der Waals surface area contributed by atoms with Crippen molar-refractivity contribution in [3.8, 4) is 0 Å². The molecule has 0 N–H and O–H groups in total. The van der Waals surface area contributed by atoms with E-state index in [1.54, 1.807) is 37.3 Å². The summed E-state index contributed by atoms with van der Waals surface area (Å²) in [6, 6.07) is 8.18. The molecular weight excluding hydrogens is 470 g/mol. The SMILES string of the molecule is Cc1cc(C(=O)COC(=O)c2nn(CC(C)C)c(=O)c3ccccc23)c(C)n1C1CCS(=O)(=O)C1. The lowest BCUT2D eigenvalue weighted by molar-refractivity contribution is 0.0468. The Kier molecular flexibility index (Phi) is 6.68. The van der Waals surface area contributed by atoms with Crippen LogP contribution in [0.3, 0.4) is 0 Å². The number of hydrogen-bond donors (Lipinski definition) is 0. The third kappa shape index (κ3) is 4.93. The molecule has 0 bridgehead atoms. The van der Waals surface area contributed by atoms with Crippen molar-refractivity contribution in [3.05, 3.63) is 63.3 Å². The molecular formula is C25H29N3O6S. The van der Waals surface area contributed by atoms with Crippen molar-refractivity contribution >= 4 is 32.4 Å². The highest BCUT2D eigenvalue weighted by Gasteiger charge is 2.32. The van der Waals surface area contributed by atoms with Gasteiger partial charge >= 0.3 is 5.97 Å². The highest BCUT2D eigenvalue weighted by atomic mass is 32.2. The molecule has 1 atom stereocenters. The minimum Gasteiger partial charge on any atom is -0.452 e. The Hall–Kier alpha value is -3.27. The van der Waals surface area contributed by atoms with Crippen molar-refractivity contribution in [2.45, 2.75) is 46.7 Å². The lowest BCUT2D eigenvalue weighted by Crippen LogP contribution is -2.28. The minimum atomic E-state index is -3.08. The molecule has 35 heavy (non-hydrogen) atoms. The summed E-state index contributed by atoms with van der Waals surface area (Å²) in [5.41, 5.74) is 1.52. The number of esters is 1. The number of benzene rings is 1. The van der Waals surface area contributed by atoms with Gasteiger partial charge in [0.15, 0.2) is 22.1 Å². The summed E-state index contributed by atoms with van der Waals surface area (Å²) in [5.74, 6) is -0.857. The van der Waals surface area contributed by atoms with Gasteiger partial charge in [-0.15, -0.1) is 0 Å². The van der Waals surface area contributed by atoms with Crippen LogP contribution in [0.5, 0.6) is 0 Å². The Labute approximate surface area is 203 Å². The van der Waals surface area contributed by atoms with E-state index >= 15 is 0 Å². The lowest BCUT2D eigenvalue weighted by atomic mass is 10.1. The van der Waals surface area contributed by atoms with Gasteiger partial charge in [-0.25, -0.2) is 17.9 Å². The first kappa shape index (κ1) is 24.8. The molecule has 186 valence electrons. The van der Waals surface area contributed by atoms with Crippen molar-refractivity contribution in [1.29, 1.82) is 0 Å². The van der Waals surface area contributed by atoms with Crippen molar-refractivity contribution in [1.82, 2.24) is 14.3 Å². The highest BCUT2D eigenvalue weighted by molar-refractivity contribution is 7.91. The van der Waals surface area contributed by atoms with E-state index in [1.165, 1.54) is 4.68 Å². The Morgan fingerprint density at radius 2 is 1.86 bits per heavy atom. The summed E-state index contributed by atoms with van der Waals surface area (Å²) in [5, 5.41) is 4.98. The fraction of sp³-hybridized carbons (Fsp3) is 0.440. The maximum Gasteiger partial charge on any atom is 0.359 e. The van der Waals surface area contributed by atoms with E-state index in [4.69, 9.17) is 4.74 Å². The molecule has 1 saturated heterocycles. The lowest BCUT2D eigenvalue weighted by Gasteiger charge is -2.16. The van der Waals surface area contributed by atoms with E-state index < -0.39 is 28.2 Å². The molecule has 0 saturated carbocycles. The third-order valence-electron chi connectivity index (χ3n) is 6.29. The van der Waals surface area contributed by atoms with Crippen LogP contribution in [0, 0.1) is 19.8 Å². The fourth-order valence-corrected chi connectivity index (χ4v) is 6.43. The zero-order valence-corrected chi connectivity index (χ0v) is 21.1. The summed E-state index contributed by atoms with van der Waals surface area (Å²) < 4.78 is 32.3. The van der Waals surface area contributed by atoms with Gasteiger partial charge in [-0.05, 0) is 38.3 Å². The Morgan fingerprint density at radius 1 is 1.17 bits per heavy atom. The Morgan fingerprint density at radius 3 is 2.49 bits per heavy atom. The molecule has 10 heteroatoms. The summed E-state index contributed by atoms with van der Waals surface area (Å²) in [4.78, 5) is 38.7. The average molecular weight is 500 g/mol. The first-order valence-electron chi connectivity index (χ1n) is 11.6. The van der Waals surface area contributed by atoms with Gasteiger partial charge < -0.3 is 9.30 Å². The molecule has 9 nitrogen and oxygen atoms in total. The van der Waals surface area contributed by atoms with Gasteiger partial charge in [0, 0.05) is 34.9 Å². The number of aromatic nitrogens is 3. The van der Waals surface area contributed by atoms with Crippen molar-refractivity contribution < 1.29 is 22.7 Å². The van der Waals surface area contributed by atoms with E-state index in [9.17, 15) is 22.8 Å². The number of sulfone groups is 1. The first-order valence-corrected chi connectivity index (χ1v) is 13.4. The second-order valence-electron chi connectivity index (χ2n) is 9.49. The molecule has 2 aromatic heterocycles. The number of nitrogens with zero attached hydrogens (tertiary/aromatic N) is 3. The van der Waals surface area contributed by atoms with Crippen LogP contribution in [0.25, 0.3) is 10.8 Å². The summed E-state index contributed by atoms with van der Waals surface area (Å²) in [7, 11) is -3.08. The van der Waals surface area contributed by atoms with E-state index in [2.05, 4.69) is 5.10 Å². The largest absolute Gasteiger partial charge is 0.452 e. The van der Waals surface area contributed by atoms with E-state index in [-0.39, 0.29) is 34.7 Å². The zero-order valence-electron chi connectivity index (χ0n) is 20.3. The number of fused-ring (bicyclic) bond motifs is 1. The first-order chi connectivity index (χ1) is 16.5. The number of carbonyl (C=O) groups is 2. The number of carbonyl (C=O) groups excluding carboxylic acids is 2. The van der Waals surface area contributed by atoms with Gasteiger partial charge in [0.1, 0.15) is 0 Å². The predicted octanol–water partition coefficient (Wildman–Crippen LogP) is 2.87. The van der Waals surface area contributed by atoms with Crippen LogP contribution < -0.4 is 5.56 Å². The number of hydrogen-bond acceptors (Lipinski definition) is 7. The molecule has 0 radical (unpaired) electrons. The zero-order chi connectivity index (χ0) is 25.5. The maximum absolute atomic E-state index is 13.0. The molecule has 0 amide bonds. The van der Waals surface area contributed by atoms with Crippen molar-refractivity contribution in [2.75, 3.05) is 18.1 Å². The minimum absolute atomic E-state index is 0.0183. The molecule has 1 unspecified atom stereocenters. The van der Waals surface area contributed by atoms with Gasteiger partial charge in [0.25, 0.3) is 5.56 Å². The van der Waals surface area contributed by atoms with Crippen molar-refractivity contribution in [3.63, 3.8) is 0 Å². The molecule has 0 spiro atoms. The molecule has 4 rings (SSSR count). The molecule has 1 aromatic carbocycles. The molecule has 0 aliphatic carbocycles. The number of rotatable bonds is 7. The normalized spacial score (nSPS) is 17.2. The summed E-state index contributed by atoms with van der Waals surface area (Å²) in [6.07, 6.45) is 0.506. The number of Topliss-reactive ketones (excluding diaryl/α,β-unsaturated/α-hetero) is 1. The van der Waals surface area contributed by atoms with Crippen LogP contribution in [-0.4, -0.2) is 52.6 Å². The van der Waals surface area contributed by atoms with Crippen molar-refractivity contribution in [2.24, 2.45) is 5.92 Å². The van der Waals surface area contributed by atoms with Gasteiger partial charge in [-0.3, -0.25) is 9.59 Å². The summed E-state index contributed by atoms with van der Waals surface area (Å²) >= 11 is 0. The predicted molar refractivity (Wildman–Crippen MR) is 132 cm³/mol. The van der Waals surface area contributed by atoms with E-state index in [0.717, 1.165) is 5.69 Å². The molecule has 3 heterocycles. The van der Waals surface area contributed by atoms with Crippen LogP contribution in [0.2, 0.25) is 0 Å². The Balaban J connectivity index is 1.57. The molecule has 1 fully saturated rings. The quantitative estimate of drug-likeness (QED) is 0.362. The number of ether oxygens (including phenoxy) is 1. The van der Waals surface area contributed by atoms with Crippen LogP contribution in [0.15, 0.2) is 35.1 Å². The van der Waals surface area contributed by atoms with Crippen LogP contribution in [-0.2, 0) is 21.1 Å². The Bertz CT molecular complexity index is 1480. The van der Waals surface area contributed by atoms with E-state index in [1.807, 2.05) is 25.3 Å². The second-order valence-corrected chi connectivity index (χ2v) is 11.7. The molecule has 1 aliphatic heterocycles. The maximum atomic E-state index is 13.0. The number of aryl methyl sites for hydroxylation is 1. The third-order valence-corrected chi connectivity index (χ3v) is 8.04. The van der Waals surface area contributed by atoms with Crippen LogP contribution >= 0.6 is 0 Å². The highest BCUT2D eigenvalue weighted by Crippen LogP contribution is 2.29. The average Bonchev–Trinajstić information content (AvgIpc) is 3.30. The van der Waals surface area contributed by atoms with Crippen LogP contribution in [0.1, 0.15) is 58.5 Å². The standard InChI is InChI=1S/C25H29N3O6S/c1-15(2)12-27-24(30)20-8-6-5-7-19(20)23(26-27)25(31)34-13-22(29)21-11-16(3)28(17(21)4)18-9-10-35(32,33)14-18/h5-8,11,15,18H,9-10,12-14H2,1-4H3. The summed E-state index contributed by atoms with van der Waals surface area (Å²) in [6.45, 7) is 7.32. The van der Waals surface area contributed by atoms with Gasteiger partial charge in [0.05, 0.1) is 16.9 Å². The molecule has 1 aliphatic rings. The molecule has 3 aromatic rings. The van der Waals surface area contributed by atoms with E-state index in [0.29, 0.717) is 35.0 Å². The van der Waals surface area contributed by atoms with Gasteiger partial charge in [-0.1, -0.05) is 32.0 Å². The fourth-order valence-electron chi connectivity index (χ4n) is 4.73. The van der Waals surface area contributed by atoms with Gasteiger partial charge in [0.2, 0.25) is 5.78 Å². The second kappa shape index (κ2) is 9.41. The topological polar surface area (TPSA) is 117 Å².